The molecule has 0 aliphatic carbocycles. The van der Waals surface area contributed by atoms with Crippen molar-refractivity contribution in [3.05, 3.63) is 52.0 Å². The Labute approximate surface area is 106 Å². The highest BCUT2D eigenvalue weighted by Gasteiger charge is 2.11. The summed E-state index contributed by atoms with van der Waals surface area (Å²) in [6.45, 7) is 7.03. The lowest BCUT2D eigenvalue weighted by Crippen LogP contribution is -1.93. The average Bonchev–Trinajstić information content (AvgIpc) is 2.33. The molecule has 17 heavy (non-hydrogen) atoms. The minimum atomic E-state index is -0.320. The zero-order chi connectivity index (χ0) is 12.4. The summed E-state index contributed by atoms with van der Waals surface area (Å²) in [4.78, 5) is 7.49. The zero-order valence-electron chi connectivity index (χ0n) is 8.61. The summed E-state index contributed by atoms with van der Waals surface area (Å²) in [7, 11) is 0. The third kappa shape index (κ3) is 2.27. The van der Waals surface area contributed by atoms with Crippen molar-refractivity contribution in [1.82, 2.24) is 4.98 Å². The summed E-state index contributed by atoms with van der Waals surface area (Å²) >= 11 is 3.31. The molecule has 0 amide bonds. The first-order valence-corrected chi connectivity index (χ1v) is 5.50. The van der Waals surface area contributed by atoms with Gasteiger partial charge in [0.2, 0.25) is 5.69 Å². The highest BCUT2D eigenvalue weighted by Crippen LogP contribution is 2.35. The molecular weight excluding hydrogens is 285 g/mol. The van der Waals surface area contributed by atoms with E-state index < -0.39 is 0 Å². The van der Waals surface area contributed by atoms with Crippen LogP contribution < -0.4 is 5.73 Å². The number of benzene rings is 1. The van der Waals surface area contributed by atoms with Crippen molar-refractivity contribution in [3.8, 4) is 11.3 Å². The van der Waals surface area contributed by atoms with Gasteiger partial charge in [-0.05, 0) is 30.3 Å². The number of aromatic nitrogens is 1. The maximum absolute atomic E-state index is 12.8. The van der Waals surface area contributed by atoms with Crippen molar-refractivity contribution >= 4 is 27.4 Å². The van der Waals surface area contributed by atoms with Crippen LogP contribution in [0.3, 0.4) is 0 Å². The number of pyridine rings is 1. The van der Waals surface area contributed by atoms with Gasteiger partial charge < -0.3 is 5.73 Å². The molecule has 1 aromatic carbocycles. The van der Waals surface area contributed by atoms with Crippen LogP contribution in [0.1, 0.15) is 0 Å². The van der Waals surface area contributed by atoms with Gasteiger partial charge in [0.05, 0.1) is 16.7 Å². The Hall–Kier alpha value is -1.93. The molecule has 84 valence electrons. The number of halogens is 2. The first kappa shape index (κ1) is 11.6. The van der Waals surface area contributed by atoms with Gasteiger partial charge in [0.15, 0.2) is 0 Å². The maximum Gasteiger partial charge on any atom is 0.206 e. The number of nitrogens with zero attached hydrogens (tertiary/aromatic N) is 2. The minimum absolute atomic E-state index is 0.263. The van der Waals surface area contributed by atoms with Crippen LogP contribution in [0.5, 0.6) is 0 Å². The molecule has 5 heteroatoms. The molecule has 0 fully saturated rings. The van der Waals surface area contributed by atoms with E-state index in [0.29, 0.717) is 21.4 Å². The smallest absolute Gasteiger partial charge is 0.206 e. The summed E-state index contributed by atoms with van der Waals surface area (Å²) < 4.78 is 13.4. The number of hydrogen-bond acceptors (Lipinski definition) is 2. The van der Waals surface area contributed by atoms with Crippen LogP contribution in [0, 0.1) is 12.4 Å². The van der Waals surface area contributed by atoms with E-state index in [0.717, 1.165) is 0 Å². The Morgan fingerprint density at radius 3 is 2.53 bits per heavy atom. The van der Waals surface area contributed by atoms with Crippen molar-refractivity contribution < 1.29 is 4.39 Å². The van der Waals surface area contributed by atoms with Gasteiger partial charge in [0, 0.05) is 5.56 Å². The van der Waals surface area contributed by atoms with Crippen molar-refractivity contribution in [2.45, 2.75) is 0 Å². The second kappa shape index (κ2) is 4.52. The fourth-order valence-corrected chi connectivity index (χ4v) is 1.94. The molecule has 0 saturated carbocycles. The molecule has 2 N–H and O–H groups in total. The fraction of sp³-hybridized carbons (Fsp3) is 0. The Morgan fingerprint density at radius 2 is 1.94 bits per heavy atom. The maximum atomic E-state index is 12.8. The molecule has 2 aromatic rings. The summed E-state index contributed by atoms with van der Waals surface area (Å²) in [6, 6.07) is 7.35. The molecule has 0 saturated heterocycles. The highest BCUT2D eigenvalue weighted by atomic mass is 79.9. The van der Waals surface area contributed by atoms with E-state index in [4.69, 9.17) is 12.3 Å². The normalized spacial score (nSPS) is 9.94. The third-order valence-corrected chi connectivity index (χ3v) is 2.98. The van der Waals surface area contributed by atoms with Crippen LogP contribution in [0.2, 0.25) is 0 Å². The largest absolute Gasteiger partial charge is 0.385 e. The predicted octanol–water partition coefficient (Wildman–Crippen LogP) is 3.78. The Bertz CT molecular complexity index is 602. The molecule has 1 aromatic heterocycles. The summed E-state index contributed by atoms with van der Waals surface area (Å²) in [6.07, 6.45) is 0. The molecule has 2 rings (SSSR count). The summed E-state index contributed by atoms with van der Waals surface area (Å²) in [5.74, 6) is -0.0577. The topological polar surface area (TPSA) is 43.3 Å². The zero-order valence-corrected chi connectivity index (χ0v) is 10.2. The molecule has 3 nitrogen and oxygen atoms in total. The van der Waals surface area contributed by atoms with Gasteiger partial charge in [0.1, 0.15) is 11.6 Å². The van der Waals surface area contributed by atoms with E-state index in [1.807, 2.05) is 0 Å². The minimum Gasteiger partial charge on any atom is -0.385 e. The standard InChI is InChI=1S/C12H7BrFN3/c1-16-9-6-10(15)17-12(11(9)13)7-2-4-8(14)5-3-7/h2-6H,(H2,15,17). The quantitative estimate of drug-likeness (QED) is 0.813. The van der Waals surface area contributed by atoms with Crippen LogP contribution in [-0.4, -0.2) is 4.98 Å². The second-order valence-electron chi connectivity index (χ2n) is 3.35. The molecular formula is C12H7BrFN3. The van der Waals surface area contributed by atoms with E-state index in [1.54, 1.807) is 12.1 Å². The fourth-order valence-electron chi connectivity index (χ4n) is 1.42. The van der Waals surface area contributed by atoms with Crippen LogP contribution >= 0.6 is 15.9 Å². The van der Waals surface area contributed by atoms with Crippen LogP contribution in [0.4, 0.5) is 15.9 Å². The van der Waals surface area contributed by atoms with Gasteiger partial charge in [0.25, 0.3) is 0 Å². The van der Waals surface area contributed by atoms with Gasteiger partial charge in [-0.3, -0.25) is 0 Å². The van der Waals surface area contributed by atoms with Crippen molar-refractivity contribution in [2.75, 3.05) is 5.73 Å². The van der Waals surface area contributed by atoms with E-state index in [-0.39, 0.29) is 11.6 Å². The monoisotopic (exact) mass is 291 g/mol. The number of rotatable bonds is 1. The second-order valence-corrected chi connectivity index (χ2v) is 4.14. The molecule has 0 aliphatic rings. The van der Waals surface area contributed by atoms with Crippen molar-refractivity contribution in [3.63, 3.8) is 0 Å². The van der Waals surface area contributed by atoms with Crippen molar-refractivity contribution in [1.29, 1.82) is 0 Å². The van der Waals surface area contributed by atoms with Gasteiger partial charge >= 0.3 is 0 Å². The number of nitrogens with two attached hydrogens (primary N) is 1. The average molecular weight is 292 g/mol. The van der Waals surface area contributed by atoms with E-state index in [9.17, 15) is 4.39 Å². The van der Waals surface area contributed by atoms with Gasteiger partial charge in [-0.2, -0.15) is 0 Å². The number of hydrogen-bond donors (Lipinski definition) is 1. The first-order valence-electron chi connectivity index (χ1n) is 4.71. The SMILES string of the molecule is [C-]#[N+]c1cc(N)nc(-c2ccc(F)cc2)c1Br. The van der Waals surface area contributed by atoms with Crippen LogP contribution in [0.25, 0.3) is 16.1 Å². The summed E-state index contributed by atoms with van der Waals surface area (Å²) in [5.41, 5.74) is 7.25. The third-order valence-electron chi connectivity index (χ3n) is 2.20. The lowest BCUT2D eigenvalue weighted by Gasteiger charge is -2.06. The lowest BCUT2D eigenvalue weighted by atomic mass is 10.1. The summed E-state index contributed by atoms with van der Waals surface area (Å²) in [5, 5.41) is 0. The van der Waals surface area contributed by atoms with Gasteiger partial charge in [-0.15, -0.1) is 0 Å². The number of nitrogen functional groups attached to an aromatic ring is 1. The van der Waals surface area contributed by atoms with Crippen LogP contribution in [0.15, 0.2) is 34.8 Å². The van der Waals surface area contributed by atoms with Gasteiger partial charge in [-0.25, -0.2) is 14.2 Å². The Kier molecular flexibility index (Phi) is 3.07. The molecule has 0 spiro atoms. The molecule has 1 heterocycles. The van der Waals surface area contributed by atoms with E-state index in [2.05, 4.69) is 25.8 Å². The van der Waals surface area contributed by atoms with E-state index >= 15 is 0 Å². The van der Waals surface area contributed by atoms with Crippen LogP contribution in [-0.2, 0) is 0 Å². The predicted molar refractivity (Wildman–Crippen MR) is 68.0 cm³/mol. The lowest BCUT2D eigenvalue weighted by molar-refractivity contribution is 0.628. The Balaban J connectivity index is 2.63. The molecule has 0 unspecified atom stereocenters. The molecule has 0 bridgehead atoms. The highest BCUT2D eigenvalue weighted by molar-refractivity contribution is 9.10. The Morgan fingerprint density at radius 1 is 1.29 bits per heavy atom. The number of anilines is 1. The first-order chi connectivity index (χ1) is 8.11. The van der Waals surface area contributed by atoms with Crippen molar-refractivity contribution in [2.24, 2.45) is 0 Å². The molecule has 0 atom stereocenters. The van der Waals surface area contributed by atoms with Gasteiger partial charge in [-0.1, -0.05) is 15.9 Å². The van der Waals surface area contributed by atoms with E-state index in [1.165, 1.54) is 18.2 Å². The molecule has 0 aliphatic heterocycles. The molecule has 0 radical (unpaired) electrons.